The number of rotatable bonds is 5. The number of benzene rings is 1. The average molecular weight is 291 g/mol. The van der Waals surface area contributed by atoms with Crippen molar-refractivity contribution in [3.8, 4) is 5.75 Å². The topological polar surface area (TPSA) is 34.2 Å². The molecule has 0 aliphatic rings. The maximum Gasteiger partial charge on any atom is 0.121 e. The van der Waals surface area contributed by atoms with Gasteiger partial charge in [0.05, 0.1) is 12.1 Å². The van der Waals surface area contributed by atoms with Crippen LogP contribution in [0.5, 0.6) is 5.75 Å². The summed E-state index contributed by atoms with van der Waals surface area (Å²) in [6, 6.07) is 8.41. The van der Waals surface area contributed by atoms with Gasteiger partial charge in [0.1, 0.15) is 5.75 Å². The molecule has 0 radical (unpaired) electrons. The van der Waals surface area contributed by atoms with Crippen molar-refractivity contribution >= 4 is 11.6 Å². The molecule has 0 amide bonds. The highest BCUT2D eigenvalue weighted by molar-refractivity contribution is 6.31. The van der Waals surface area contributed by atoms with Gasteiger partial charge in [0.15, 0.2) is 0 Å². The molecule has 4 heteroatoms. The molecule has 1 heterocycles. The lowest BCUT2D eigenvalue weighted by atomic mass is 9.98. The SMILES string of the molecule is CNC(Cc1ccncc1Cl)c1ccc(OC)c(C)c1. The number of nitrogens with one attached hydrogen (secondary N) is 1. The molecular weight excluding hydrogens is 272 g/mol. The molecule has 1 aromatic carbocycles. The van der Waals surface area contributed by atoms with Gasteiger partial charge in [0.25, 0.3) is 0 Å². The second-order valence-electron chi connectivity index (χ2n) is 4.74. The third kappa shape index (κ3) is 3.30. The molecule has 0 aliphatic carbocycles. The summed E-state index contributed by atoms with van der Waals surface area (Å²) in [4.78, 5) is 4.02. The van der Waals surface area contributed by atoms with Crippen LogP contribution in [-0.2, 0) is 6.42 Å². The van der Waals surface area contributed by atoms with Crippen LogP contribution in [-0.4, -0.2) is 19.1 Å². The van der Waals surface area contributed by atoms with Crippen molar-refractivity contribution in [3.63, 3.8) is 0 Å². The second kappa shape index (κ2) is 6.73. The van der Waals surface area contributed by atoms with E-state index < -0.39 is 0 Å². The standard InChI is InChI=1S/C16H19ClN2O/c1-11-8-13(4-5-16(11)20-3)15(18-2)9-12-6-7-19-10-14(12)17/h4-8,10,15,18H,9H2,1-3H3. The molecule has 3 nitrogen and oxygen atoms in total. The van der Waals surface area contributed by atoms with E-state index in [1.807, 2.05) is 19.2 Å². The smallest absolute Gasteiger partial charge is 0.121 e. The van der Waals surface area contributed by atoms with Crippen LogP contribution in [0.3, 0.4) is 0 Å². The zero-order valence-electron chi connectivity index (χ0n) is 12.0. The second-order valence-corrected chi connectivity index (χ2v) is 5.15. The van der Waals surface area contributed by atoms with Crippen molar-refractivity contribution in [1.82, 2.24) is 10.3 Å². The van der Waals surface area contributed by atoms with Gasteiger partial charge in [0, 0.05) is 18.4 Å². The first-order valence-electron chi connectivity index (χ1n) is 6.56. The van der Waals surface area contributed by atoms with Crippen LogP contribution >= 0.6 is 11.6 Å². The zero-order chi connectivity index (χ0) is 14.5. The van der Waals surface area contributed by atoms with Crippen molar-refractivity contribution < 1.29 is 4.74 Å². The van der Waals surface area contributed by atoms with Crippen molar-refractivity contribution in [2.45, 2.75) is 19.4 Å². The minimum atomic E-state index is 0.208. The molecule has 1 N–H and O–H groups in total. The fourth-order valence-corrected chi connectivity index (χ4v) is 2.49. The van der Waals surface area contributed by atoms with Crippen molar-refractivity contribution in [2.24, 2.45) is 0 Å². The van der Waals surface area contributed by atoms with Crippen molar-refractivity contribution in [2.75, 3.05) is 14.2 Å². The molecule has 0 bridgehead atoms. The quantitative estimate of drug-likeness (QED) is 0.914. The Balaban J connectivity index is 2.24. The van der Waals surface area contributed by atoms with Crippen LogP contribution in [0.1, 0.15) is 22.7 Å². The molecule has 0 fully saturated rings. The van der Waals surface area contributed by atoms with Gasteiger partial charge in [-0.05, 0) is 49.2 Å². The lowest BCUT2D eigenvalue weighted by Gasteiger charge is -2.18. The molecule has 0 saturated carbocycles. The summed E-state index contributed by atoms with van der Waals surface area (Å²) in [6.45, 7) is 2.05. The molecule has 0 spiro atoms. The Morgan fingerprint density at radius 2 is 2.15 bits per heavy atom. The number of aryl methyl sites for hydroxylation is 1. The summed E-state index contributed by atoms with van der Waals surface area (Å²) in [6.07, 6.45) is 4.28. The Morgan fingerprint density at radius 1 is 1.35 bits per heavy atom. The van der Waals surface area contributed by atoms with Gasteiger partial charge in [-0.1, -0.05) is 23.7 Å². The number of ether oxygens (including phenoxy) is 1. The number of pyridine rings is 1. The van der Waals surface area contributed by atoms with E-state index in [1.54, 1.807) is 19.5 Å². The Bertz CT molecular complexity index is 586. The van der Waals surface area contributed by atoms with Crippen LogP contribution in [0.2, 0.25) is 5.02 Å². The van der Waals surface area contributed by atoms with Gasteiger partial charge in [-0.3, -0.25) is 4.98 Å². The van der Waals surface area contributed by atoms with E-state index >= 15 is 0 Å². The zero-order valence-corrected chi connectivity index (χ0v) is 12.7. The summed E-state index contributed by atoms with van der Waals surface area (Å²) in [7, 11) is 3.65. The van der Waals surface area contributed by atoms with E-state index in [0.717, 1.165) is 23.3 Å². The number of aromatic nitrogens is 1. The molecule has 2 rings (SSSR count). The largest absolute Gasteiger partial charge is 0.496 e. The normalized spacial score (nSPS) is 12.2. The number of hydrogen-bond acceptors (Lipinski definition) is 3. The van der Waals surface area contributed by atoms with Gasteiger partial charge in [-0.15, -0.1) is 0 Å². The Morgan fingerprint density at radius 3 is 2.75 bits per heavy atom. The lowest BCUT2D eigenvalue weighted by molar-refractivity contribution is 0.411. The maximum absolute atomic E-state index is 6.18. The minimum Gasteiger partial charge on any atom is -0.496 e. The number of halogens is 1. The predicted octanol–water partition coefficient (Wildman–Crippen LogP) is 3.56. The molecule has 1 unspecified atom stereocenters. The van der Waals surface area contributed by atoms with Gasteiger partial charge < -0.3 is 10.1 Å². The van der Waals surface area contributed by atoms with E-state index in [2.05, 4.69) is 29.4 Å². The third-order valence-corrected chi connectivity index (χ3v) is 3.79. The molecular formula is C16H19ClN2O. The van der Waals surface area contributed by atoms with Crippen molar-refractivity contribution in [1.29, 1.82) is 0 Å². The summed E-state index contributed by atoms with van der Waals surface area (Å²) in [5, 5.41) is 4.05. The fourth-order valence-electron chi connectivity index (χ4n) is 2.29. The van der Waals surface area contributed by atoms with E-state index in [9.17, 15) is 0 Å². The van der Waals surface area contributed by atoms with Crippen LogP contribution in [0.15, 0.2) is 36.7 Å². The monoisotopic (exact) mass is 290 g/mol. The lowest BCUT2D eigenvalue weighted by Crippen LogP contribution is -2.19. The number of hydrogen-bond donors (Lipinski definition) is 1. The predicted molar refractivity (Wildman–Crippen MR) is 82.5 cm³/mol. The summed E-state index contributed by atoms with van der Waals surface area (Å²) in [5.41, 5.74) is 3.44. The third-order valence-electron chi connectivity index (χ3n) is 3.45. The van der Waals surface area contributed by atoms with Crippen LogP contribution in [0, 0.1) is 6.92 Å². The first kappa shape index (κ1) is 14.8. The van der Waals surface area contributed by atoms with Crippen LogP contribution < -0.4 is 10.1 Å². The Labute approximate surface area is 124 Å². The van der Waals surface area contributed by atoms with Gasteiger partial charge in [-0.2, -0.15) is 0 Å². The molecule has 2 aromatic rings. The highest BCUT2D eigenvalue weighted by Crippen LogP contribution is 2.26. The highest BCUT2D eigenvalue weighted by atomic mass is 35.5. The van der Waals surface area contributed by atoms with Gasteiger partial charge in [0.2, 0.25) is 0 Å². The van der Waals surface area contributed by atoms with Gasteiger partial charge >= 0.3 is 0 Å². The molecule has 1 aromatic heterocycles. The highest BCUT2D eigenvalue weighted by Gasteiger charge is 2.13. The molecule has 1 atom stereocenters. The number of methoxy groups -OCH3 is 1. The van der Waals surface area contributed by atoms with E-state index in [0.29, 0.717) is 5.02 Å². The minimum absolute atomic E-state index is 0.208. The Kier molecular flexibility index (Phi) is 4.99. The molecule has 106 valence electrons. The van der Waals surface area contributed by atoms with E-state index in [4.69, 9.17) is 16.3 Å². The first-order chi connectivity index (χ1) is 9.65. The summed E-state index contributed by atoms with van der Waals surface area (Å²) >= 11 is 6.18. The number of likely N-dealkylation sites (N-methyl/N-ethyl adjacent to an activating group) is 1. The molecule has 0 aliphatic heterocycles. The fraction of sp³-hybridized carbons (Fsp3) is 0.312. The van der Waals surface area contributed by atoms with Gasteiger partial charge in [-0.25, -0.2) is 0 Å². The average Bonchev–Trinajstić information content (AvgIpc) is 2.46. The maximum atomic E-state index is 6.18. The van der Waals surface area contributed by atoms with Crippen LogP contribution in [0.25, 0.3) is 0 Å². The van der Waals surface area contributed by atoms with E-state index in [1.165, 1.54) is 5.56 Å². The summed E-state index contributed by atoms with van der Waals surface area (Å²) < 4.78 is 5.30. The summed E-state index contributed by atoms with van der Waals surface area (Å²) in [5.74, 6) is 0.908. The van der Waals surface area contributed by atoms with Crippen molar-refractivity contribution in [3.05, 3.63) is 58.4 Å². The first-order valence-corrected chi connectivity index (χ1v) is 6.93. The van der Waals surface area contributed by atoms with E-state index in [-0.39, 0.29) is 6.04 Å². The molecule has 20 heavy (non-hydrogen) atoms. The molecule has 0 saturated heterocycles. The van der Waals surface area contributed by atoms with Crippen LogP contribution in [0.4, 0.5) is 0 Å². The Hall–Kier alpha value is -1.58. The number of nitrogens with zero attached hydrogens (tertiary/aromatic N) is 1.